The van der Waals surface area contributed by atoms with Gasteiger partial charge in [0.05, 0.1) is 11.0 Å². The van der Waals surface area contributed by atoms with Crippen molar-refractivity contribution < 1.29 is 0 Å². The van der Waals surface area contributed by atoms with Crippen LogP contribution >= 0.6 is 11.8 Å². The highest BCUT2D eigenvalue weighted by Crippen LogP contribution is 2.38. The summed E-state index contributed by atoms with van der Waals surface area (Å²) in [5.74, 6) is 0.669. The summed E-state index contributed by atoms with van der Waals surface area (Å²) in [6, 6.07) is 8.76. The Morgan fingerprint density at radius 2 is 2.06 bits per heavy atom. The van der Waals surface area contributed by atoms with Gasteiger partial charge in [-0.15, -0.1) is 0 Å². The van der Waals surface area contributed by atoms with E-state index in [-0.39, 0.29) is 0 Å². The molecule has 0 amide bonds. The molecule has 2 unspecified atom stereocenters. The van der Waals surface area contributed by atoms with Gasteiger partial charge in [0.1, 0.15) is 0 Å². The van der Waals surface area contributed by atoms with E-state index in [1.807, 2.05) is 23.9 Å². The van der Waals surface area contributed by atoms with E-state index in [1.165, 1.54) is 31.2 Å². The van der Waals surface area contributed by atoms with Crippen molar-refractivity contribution in [3.63, 3.8) is 0 Å². The van der Waals surface area contributed by atoms with E-state index in [0.717, 1.165) is 5.52 Å². The van der Waals surface area contributed by atoms with Crippen LogP contribution in [0.4, 0.5) is 5.95 Å². The second-order valence-corrected chi connectivity index (χ2v) is 6.03. The van der Waals surface area contributed by atoms with Crippen LogP contribution in [-0.4, -0.2) is 21.1 Å². The molecule has 0 spiro atoms. The van der Waals surface area contributed by atoms with Crippen LogP contribution in [0.25, 0.3) is 11.0 Å². The van der Waals surface area contributed by atoms with Crippen molar-refractivity contribution in [2.24, 2.45) is 0 Å². The van der Waals surface area contributed by atoms with Crippen LogP contribution in [0, 0.1) is 0 Å². The number of nitrogen functional groups attached to an aromatic ring is 1. The number of hydrogen-bond acceptors (Lipinski definition) is 3. The predicted molar refractivity (Wildman–Crippen MR) is 79.0 cm³/mol. The summed E-state index contributed by atoms with van der Waals surface area (Å²) in [4.78, 5) is 4.49. The van der Waals surface area contributed by atoms with Crippen molar-refractivity contribution in [3.8, 4) is 0 Å². The number of hydrogen-bond donors (Lipinski definition) is 1. The van der Waals surface area contributed by atoms with Gasteiger partial charge in [-0.1, -0.05) is 25.0 Å². The molecule has 1 fully saturated rings. The minimum absolute atomic E-state index is 0.501. The lowest BCUT2D eigenvalue weighted by atomic mass is 9.94. The summed E-state index contributed by atoms with van der Waals surface area (Å²) in [6.45, 7) is 0. The molecule has 1 aromatic carbocycles. The topological polar surface area (TPSA) is 43.8 Å². The fourth-order valence-electron chi connectivity index (χ4n) is 3.06. The molecule has 1 aromatic heterocycles. The van der Waals surface area contributed by atoms with Crippen molar-refractivity contribution in [2.75, 3.05) is 12.0 Å². The van der Waals surface area contributed by atoms with Crippen LogP contribution in [0.15, 0.2) is 24.3 Å². The number of nitrogens with zero attached hydrogens (tertiary/aromatic N) is 2. The Kier molecular flexibility index (Phi) is 3.20. The molecule has 1 saturated carbocycles. The van der Waals surface area contributed by atoms with Crippen LogP contribution in [0.5, 0.6) is 0 Å². The largest absolute Gasteiger partial charge is 0.369 e. The average Bonchev–Trinajstić information content (AvgIpc) is 2.74. The summed E-state index contributed by atoms with van der Waals surface area (Å²) in [5, 5.41) is 0.665. The minimum Gasteiger partial charge on any atom is -0.369 e. The number of aromatic nitrogens is 2. The molecule has 1 heterocycles. The van der Waals surface area contributed by atoms with Crippen molar-refractivity contribution in [1.82, 2.24) is 9.55 Å². The summed E-state index contributed by atoms with van der Waals surface area (Å²) in [5.41, 5.74) is 8.34. The summed E-state index contributed by atoms with van der Waals surface area (Å²) >= 11 is 1.97. The lowest BCUT2D eigenvalue weighted by Gasteiger charge is -2.32. The van der Waals surface area contributed by atoms with Crippen molar-refractivity contribution in [2.45, 2.75) is 37.0 Å². The number of thioether (sulfide) groups is 1. The fourth-order valence-corrected chi connectivity index (χ4v) is 4.03. The van der Waals surface area contributed by atoms with E-state index in [2.05, 4.69) is 27.9 Å². The zero-order valence-electron chi connectivity index (χ0n) is 10.7. The highest BCUT2D eigenvalue weighted by atomic mass is 32.2. The lowest BCUT2D eigenvalue weighted by Crippen LogP contribution is -2.26. The van der Waals surface area contributed by atoms with Gasteiger partial charge in [-0.3, -0.25) is 0 Å². The molecule has 0 bridgehead atoms. The van der Waals surface area contributed by atoms with Crippen LogP contribution in [0.2, 0.25) is 0 Å². The number of rotatable bonds is 2. The summed E-state index contributed by atoms with van der Waals surface area (Å²) < 4.78 is 2.26. The Labute approximate surface area is 112 Å². The van der Waals surface area contributed by atoms with Crippen molar-refractivity contribution in [1.29, 1.82) is 0 Å². The Bertz CT molecular complexity index is 549. The van der Waals surface area contributed by atoms with E-state index >= 15 is 0 Å². The summed E-state index contributed by atoms with van der Waals surface area (Å²) in [7, 11) is 0. The fraction of sp³-hybridized carbons (Fsp3) is 0.500. The Morgan fingerprint density at radius 1 is 1.28 bits per heavy atom. The molecule has 96 valence electrons. The Balaban J connectivity index is 2.09. The van der Waals surface area contributed by atoms with Crippen molar-refractivity contribution >= 4 is 28.7 Å². The normalized spacial score (nSPS) is 24.5. The second-order valence-electron chi connectivity index (χ2n) is 4.95. The van der Waals surface area contributed by atoms with Crippen LogP contribution in [-0.2, 0) is 0 Å². The molecule has 18 heavy (non-hydrogen) atoms. The monoisotopic (exact) mass is 261 g/mol. The highest BCUT2D eigenvalue weighted by molar-refractivity contribution is 7.99. The molecule has 0 aliphatic heterocycles. The average molecular weight is 261 g/mol. The molecule has 2 N–H and O–H groups in total. The molecule has 3 rings (SSSR count). The molecule has 0 radical (unpaired) electrons. The molecule has 4 heteroatoms. The molecule has 2 atom stereocenters. The number of benzene rings is 1. The Morgan fingerprint density at radius 3 is 2.89 bits per heavy atom. The quantitative estimate of drug-likeness (QED) is 0.900. The number of fused-ring (bicyclic) bond motifs is 1. The highest BCUT2D eigenvalue weighted by Gasteiger charge is 2.28. The first-order valence-corrected chi connectivity index (χ1v) is 7.85. The smallest absolute Gasteiger partial charge is 0.201 e. The molecule has 3 nitrogen and oxygen atoms in total. The number of anilines is 1. The van der Waals surface area contributed by atoms with Gasteiger partial charge in [-0.05, 0) is 31.2 Å². The summed E-state index contributed by atoms with van der Waals surface area (Å²) in [6.07, 6.45) is 7.36. The molecular weight excluding hydrogens is 242 g/mol. The number of nitrogens with two attached hydrogens (primary N) is 1. The standard InChI is InChI=1S/C14H19N3S/c1-18-13-9-5-4-8-12(13)17-11-7-3-2-6-10(11)16-14(17)15/h2-3,6-7,12-13H,4-5,8-9H2,1H3,(H2,15,16). The van der Waals surface area contributed by atoms with Gasteiger partial charge in [0.25, 0.3) is 0 Å². The van der Waals surface area contributed by atoms with Gasteiger partial charge in [-0.2, -0.15) is 11.8 Å². The second kappa shape index (κ2) is 4.84. The van der Waals surface area contributed by atoms with E-state index in [1.54, 1.807) is 0 Å². The van der Waals surface area contributed by atoms with Gasteiger partial charge < -0.3 is 10.3 Å². The molecule has 0 saturated heterocycles. The first-order chi connectivity index (χ1) is 8.81. The van der Waals surface area contributed by atoms with Gasteiger partial charge >= 0.3 is 0 Å². The molecule has 2 aromatic rings. The van der Waals surface area contributed by atoms with E-state index in [0.29, 0.717) is 17.2 Å². The van der Waals surface area contributed by atoms with E-state index in [4.69, 9.17) is 5.73 Å². The van der Waals surface area contributed by atoms with Crippen LogP contribution in [0.3, 0.4) is 0 Å². The maximum atomic E-state index is 6.14. The SMILES string of the molecule is CSC1CCCCC1n1c(N)nc2ccccc21. The zero-order valence-corrected chi connectivity index (χ0v) is 11.5. The van der Waals surface area contributed by atoms with E-state index < -0.39 is 0 Å². The van der Waals surface area contributed by atoms with E-state index in [9.17, 15) is 0 Å². The first-order valence-electron chi connectivity index (χ1n) is 6.56. The number of para-hydroxylation sites is 2. The lowest BCUT2D eigenvalue weighted by molar-refractivity contribution is 0.374. The first kappa shape index (κ1) is 11.9. The third-order valence-electron chi connectivity index (χ3n) is 3.93. The van der Waals surface area contributed by atoms with Crippen LogP contribution in [0.1, 0.15) is 31.7 Å². The third-order valence-corrected chi connectivity index (χ3v) is 5.08. The maximum Gasteiger partial charge on any atom is 0.201 e. The van der Waals surface area contributed by atoms with Gasteiger partial charge in [-0.25, -0.2) is 4.98 Å². The zero-order chi connectivity index (χ0) is 12.5. The Hall–Kier alpha value is -1.16. The van der Waals surface area contributed by atoms with Gasteiger partial charge in [0.15, 0.2) is 0 Å². The van der Waals surface area contributed by atoms with Crippen molar-refractivity contribution in [3.05, 3.63) is 24.3 Å². The molecule has 1 aliphatic carbocycles. The number of imidazole rings is 1. The van der Waals surface area contributed by atoms with Gasteiger partial charge in [0, 0.05) is 11.3 Å². The third kappa shape index (κ3) is 1.88. The predicted octanol–water partition coefficient (Wildman–Crippen LogP) is 3.47. The van der Waals surface area contributed by atoms with Crippen LogP contribution < -0.4 is 5.73 Å². The molecule has 1 aliphatic rings. The van der Waals surface area contributed by atoms with Gasteiger partial charge in [0.2, 0.25) is 5.95 Å². The molecular formula is C14H19N3S. The minimum atomic E-state index is 0.501. The maximum absolute atomic E-state index is 6.14.